The van der Waals surface area contributed by atoms with Crippen molar-refractivity contribution in [1.29, 1.82) is 0 Å². The van der Waals surface area contributed by atoms with Crippen LogP contribution < -0.4 is 10.6 Å². The maximum absolute atomic E-state index is 11.5. The SMILES string of the molecule is CC(C)(C)OC(=O)CNC1CCCNCC1. The number of carbonyl (C=O) groups is 1. The molecule has 1 aliphatic rings. The van der Waals surface area contributed by atoms with Crippen LogP contribution in [0.5, 0.6) is 0 Å². The maximum Gasteiger partial charge on any atom is 0.320 e. The first-order valence-electron chi connectivity index (χ1n) is 6.13. The van der Waals surface area contributed by atoms with Gasteiger partial charge in [-0.1, -0.05) is 0 Å². The zero-order valence-corrected chi connectivity index (χ0v) is 10.6. The zero-order valence-electron chi connectivity index (χ0n) is 10.6. The van der Waals surface area contributed by atoms with Crippen molar-refractivity contribution in [3.63, 3.8) is 0 Å². The van der Waals surface area contributed by atoms with Crippen molar-refractivity contribution in [3.8, 4) is 0 Å². The predicted octanol–water partition coefficient (Wildman–Crippen LogP) is 1.06. The maximum atomic E-state index is 11.5. The molecule has 4 nitrogen and oxygen atoms in total. The van der Waals surface area contributed by atoms with Crippen LogP contribution in [0.1, 0.15) is 40.0 Å². The standard InChI is InChI=1S/C12H24N2O2/c1-12(2,3)16-11(15)9-14-10-5-4-7-13-8-6-10/h10,13-14H,4-9H2,1-3H3. The van der Waals surface area contributed by atoms with Gasteiger partial charge in [-0.2, -0.15) is 0 Å². The molecule has 1 unspecified atom stereocenters. The van der Waals surface area contributed by atoms with Crippen LogP contribution in [0.15, 0.2) is 0 Å². The fraction of sp³-hybridized carbons (Fsp3) is 0.917. The van der Waals surface area contributed by atoms with Gasteiger partial charge < -0.3 is 15.4 Å². The number of hydrogen-bond donors (Lipinski definition) is 2. The molecule has 1 fully saturated rings. The van der Waals surface area contributed by atoms with Gasteiger partial charge in [-0.25, -0.2) is 0 Å². The van der Waals surface area contributed by atoms with Crippen LogP contribution in [0.3, 0.4) is 0 Å². The lowest BCUT2D eigenvalue weighted by Crippen LogP contribution is -2.37. The smallest absolute Gasteiger partial charge is 0.320 e. The molecule has 94 valence electrons. The van der Waals surface area contributed by atoms with Gasteiger partial charge in [0, 0.05) is 6.04 Å². The molecule has 1 rings (SSSR count). The third-order valence-electron chi connectivity index (χ3n) is 2.53. The Morgan fingerprint density at radius 2 is 2.12 bits per heavy atom. The van der Waals surface area contributed by atoms with E-state index in [1.165, 1.54) is 6.42 Å². The fourth-order valence-electron chi connectivity index (χ4n) is 1.83. The Bertz CT molecular complexity index is 216. The monoisotopic (exact) mass is 228 g/mol. The minimum atomic E-state index is -0.385. The lowest BCUT2D eigenvalue weighted by atomic mass is 10.1. The van der Waals surface area contributed by atoms with E-state index in [2.05, 4.69) is 10.6 Å². The van der Waals surface area contributed by atoms with Gasteiger partial charge in [0.25, 0.3) is 0 Å². The largest absolute Gasteiger partial charge is 0.459 e. The van der Waals surface area contributed by atoms with Crippen LogP contribution in [-0.4, -0.2) is 37.2 Å². The lowest BCUT2D eigenvalue weighted by Gasteiger charge is -2.21. The van der Waals surface area contributed by atoms with E-state index in [0.29, 0.717) is 12.6 Å². The van der Waals surface area contributed by atoms with Gasteiger partial charge in [-0.05, 0) is 53.1 Å². The Kier molecular flexibility index (Phi) is 5.22. The van der Waals surface area contributed by atoms with E-state index in [-0.39, 0.29) is 11.6 Å². The van der Waals surface area contributed by atoms with Crippen LogP contribution in [0.25, 0.3) is 0 Å². The van der Waals surface area contributed by atoms with Gasteiger partial charge in [0.2, 0.25) is 0 Å². The van der Waals surface area contributed by atoms with Gasteiger partial charge in [0.15, 0.2) is 0 Å². The summed E-state index contributed by atoms with van der Waals surface area (Å²) in [5, 5.41) is 6.62. The second-order valence-corrected chi connectivity index (χ2v) is 5.35. The summed E-state index contributed by atoms with van der Waals surface area (Å²) in [6.45, 7) is 8.11. The fourth-order valence-corrected chi connectivity index (χ4v) is 1.83. The molecule has 0 aromatic rings. The summed E-state index contributed by atoms with van der Waals surface area (Å²) in [6, 6.07) is 0.447. The molecule has 0 bridgehead atoms. The summed E-state index contributed by atoms with van der Waals surface area (Å²) >= 11 is 0. The van der Waals surface area contributed by atoms with Crippen molar-refractivity contribution < 1.29 is 9.53 Å². The molecule has 1 saturated heterocycles. The van der Waals surface area contributed by atoms with E-state index < -0.39 is 0 Å². The van der Waals surface area contributed by atoms with Crippen LogP contribution in [0.2, 0.25) is 0 Å². The molecule has 2 N–H and O–H groups in total. The number of hydrogen-bond acceptors (Lipinski definition) is 4. The first-order chi connectivity index (χ1) is 7.47. The van der Waals surface area contributed by atoms with Crippen molar-refractivity contribution in [2.75, 3.05) is 19.6 Å². The molecular formula is C12H24N2O2. The molecule has 0 spiro atoms. The van der Waals surface area contributed by atoms with E-state index >= 15 is 0 Å². The van der Waals surface area contributed by atoms with Gasteiger partial charge in [0.1, 0.15) is 5.60 Å². The molecule has 0 aromatic heterocycles. The molecule has 0 aromatic carbocycles. The van der Waals surface area contributed by atoms with Crippen LogP contribution in [0, 0.1) is 0 Å². The van der Waals surface area contributed by atoms with E-state index in [1.807, 2.05) is 20.8 Å². The Hall–Kier alpha value is -0.610. The molecular weight excluding hydrogens is 204 g/mol. The van der Waals surface area contributed by atoms with E-state index in [0.717, 1.165) is 25.9 Å². The van der Waals surface area contributed by atoms with Gasteiger partial charge in [-0.15, -0.1) is 0 Å². The molecule has 4 heteroatoms. The molecule has 0 radical (unpaired) electrons. The predicted molar refractivity (Wildman–Crippen MR) is 64.4 cm³/mol. The highest BCUT2D eigenvalue weighted by atomic mass is 16.6. The zero-order chi connectivity index (χ0) is 12.0. The first kappa shape index (κ1) is 13.5. The van der Waals surface area contributed by atoms with E-state index in [4.69, 9.17) is 4.74 Å². The van der Waals surface area contributed by atoms with Crippen LogP contribution in [0.4, 0.5) is 0 Å². The summed E-state index contributed by atoms with van der Waals surface area (Å²) in [4.78, 5) is 11.5. The highest BCUT2D eigenvalue weighted by molar-refractivity contribution is 5.72. The second kappa shape index (κ2) is 6.21. The summed E-state index contributed by atoms with van der Waals surface area (Å²) in [5.74, 6) is -0.162. The molecule has 0 aliphatic carbocycles. The molecule has 1 heterocycles. The average molecular weight is 228 g/mol. The van der Waals surface area contributed by atoms with E-state index in [9.17, 15) is 4.79 Å². The van der Waals surface area contributed by atoms with Crippen molar-refractivity contribution in [2.45, 2.75) is 51.7 Å². The summed E-state index contributed by atoms with van der Waals surface area (Å²) in [6.07, 6.45) is 3.39. The van der Waals surface area contributed by atoms with Gasteiger partial charge >= 0.3 is 5.97 Å². The number of rotatable bonds is 3. The Morgan fingerprint density at radius 1 is 1.38 bits per heavy atom. The Morgan fingerprint density at radius 3 is 2.81 bits per heavy atom. The third-order valence-corrected chi connectivity index (χ3v) is 2.53. The van der Waals surface area contributed by atoms with Crippen molar-refractivity contribution >= 4 is 5.97 Å². The second-order valence-electron chi connectivity index (χ2n) is 5.35. The van der Waals surface area contributed by atoms with Gasteiger partial charge in [-0.3, -0.25) is 4.79 Å². The van der Waals surface area contributed by atoms with Crippen LogP contribution >= 0.6 is 0 Å². The normalized spacial score (nSPS) is 22.6. The summed E-state index contributed by atoms with van der Waals surface area (Å²) < 4.78 is 5.24. The number of carbonyl (C=O) groups excluding carboxylic acids is 1. The highest BCUT2D eigenvalue weighted by Gasteiger charge is 2.18. The summed E-state index contributed by atoms with van der Waals surface area (Å²) in [7, 11) is 0. The number of esters is 1. The topological polar surface area (TPSA) is 50.4 Å². The number of ether oxygens (including phenoxy) is 1. The molecule has 1 atom stereocenters. The minimum Gasteiger partial charge on any atom is -0.459 e. The molecule has 0 amide bonds. The Labute approximate surface area is 98.1 Å². The van der Waals surface area contributed by atoms with Crippen molar-refractivity contribution in [3.05, 3.63) is 0 Å². The lowest BCUT2D eigenvalue weighted by molar-refractivity contribution is -0.153. The van der Waals surface area contributed by atoms with Crippen LogP contribution in [-0.2, 0) is 9.53 Å². The number of nitrogens with one attached hydrogen (secondary N) is 2. The van der Waals surface area contributed by atoms with E-state index in [1.54, 1.807) is 0 Å². The molecule has 16 heavy (non-hydrogen) atoms. The quantitative estimate of drug-likeness (QED) is 0.709. The minimum absolute atomic E-state index is 0.162. The third kappa shape index (κ3) is 6.08. The van der Waals surface area contributed by atoms with Crippen molar-refractivity contribution in [2.24, 2.45) is 0 Å². The van der Waals surface area contributed by atoms with Gasteiger partial charge in [0.05, 0.1) is 6.54 Å². The summed E-state index contributed by atoms with van der Waals surface area (Å²) in [5.41, 5.74) is -0.385. The Balaban J connectivity index is 2.20. The molecule has 1 aliphatic heterocycles. The highest BCUT2D eigenvalue weighted by Crippen LogP contribution is 2.07. The average Bonchev–Trinajstić information content (AvgIpc) is 2.39. The van der Waals surface area contributed by atoms with Crippen molar-refractivity contribution in [1.82, 2.24) is 10.6 Å². The first-order valence-corrected chi connectivity index (χ1v) is 6.13. The molecule has 0 saturated carbocycles.